The molecule has 0 radical (unpaired) electrons. The van der Waals surface area contributed by atoms with Crippen molar-refractivity contribution in [3.63, 3.8) is 0 Å². The fraction of sp³-hybridized carbons (Fsp3) is 0.452. The van der Waals surface area contributed by atoms with Gasteiger partial charge in [-0.2, -0.15) is 4.21 Å². The topological polar surface area (TPSA) is 123 Å². The summed E-state index contributed by atoms with van der Waals surface area (Å²) in [5.41, 5.74) is 2.38. The van der Waals surface area contributed by atoms with Crippen LogP contribution in [-0.4, -0.2) is 50.3 Å². The van der Waals surface area contributed by atoms with E-state index in [1.165, 1.54) is 30.6 Å². The number of ether oxygens (including phenoxy) is 2. The van der Waals surface area contributed by atoms with E-state index in [1.54, 1.807) is 23.7 Å². The van der Waals surface area contributed by atoms with Crippen molar-refractivity contribution in [2.45, 2.75) is 72.1 Å². The molecule has 2 heterocycles. The van der Waals surface area contributed by atoms with Crippen molar-refractivity contribution in [1.29, 1.82) is 0 Å². The Bertz CT molecular complexity index is 1520. The molecule has 0 aliphatic rings. The van der Waals surface area contributed by atoms with E-state index in [-0.39, 0.29) is 5.92 Å². The summed E-state index contributed by atoms with van der Waals surface area (Å²) < 4.78 is 34.7. The van der Waals surface area contributed by atoms with Crippen molar-refractivity contribution < 1.29 is 22.7 Å². The molecule has 2 unspecified atom stereocenters. The Balaban J connectivity index is 1.31. The number of amides is 1. The van der Waals surface area contributed by atoms with Crippen LogP contribution in [0.5, 0.6) is 17.2 Å². The summed E-state index contributed by atoms with van der Waals surface area (Å²) in [5, 5.41) is 11.7. The van der Waals surface area contributed by atoms with E-state index in [2.05, 4.69) is 26.9 Å². The van der Waals surface area contributed by atoms with Crippen LogP contribution in [0.3, 0.4) is 0 Å². The molecule has 232 valence electrons. The number of anilines is 1. The highest BCUT2D eigenvalue weighted by molar-refractivity contribution is 7.78. The van der Waals surface area contributed by atoms with Crippen LogP contribution in [0.1, 0.15) is 75.2 Å². The summed E-state index contributed by atoms with van der Waals surface area (Å²) in [6, 6.07) is 14.7. The van der Waals surface area contributed by atoms with Crippen LogP contribution in [0.15, 0.2) is 48.5 Å². The zero-order valence-corrected chi connectivity index (χ0v) is 26.4. The van der Waals surface area contributed by atoms with Gasteiger partial charge in [0.25, 0.3) is 11.3 Å². The number of unbranched alkanes of at least 4 members (excludes halogenated alkanes) is 5. The number of H-pyrrole nitrogens is 1. The van der Waals surface area contributed by atoms with E-state index in [4.69, 9.17) is 13.7 Å². The van der Waals surface area contributed by atoms with Crippen LogP contribution >= 0.6 is 0 Å². The number of benzene rings is 2. The highest BCUT2D eigenvalue weighted by Crippen LogP contribution is 2.29. The first-order valence-corrected chi connectivity index (χ1v) is 15.9. The van der Waals surface area contributed by atoms with Gasteiger partial charge in [0, 0.05) is 25.6 Å². The molecule has 43 heavy (non-hydrogen) atoms. The number of hydrogen-bond donors (Lipinski definition) is 2. The number of carbonyl (C=O) groups is 1. The van der Waals surface area contributed by atoms with Crippen LogP contribution in [0.4, 0.5) is 10.6 Å². The fourth-order valence-electron chi connectivity index (χ4n) is 4.47. The van der Waals surface area contributed by atoms with Gasteiger partial charge in [0.1, 0.15) is 11.6 Å². The number of carbonyl (C=O) groups excluding carboxylic acids is 1. The van der Waals surface area contributed by atoms with Gasteiger partial charge in [-0.15, -0.1) is 10.2 Å². The van der Waals surface area contributed by atoms with Gasteiger partial charge in [0.2, 0.25) is 0 Å². The molecule has 2 aromatic heterocycles. The molecule has 0 saturated heterocycles. The Labute approximate surface area is 255 Å². The standard InChI is InChI=1S/C31H42N6O5S/c1-6-7-8-9-10-13-18-40-26-17-16-22(2)19-27(26)42-43(39)32-21-24(4)30-34-33-28-20-29(35-37(28)30)36(5)31(38)41-25-15-12-11-14-23(25)3/h11-12,14-17,19-20,24,32,35H,6-10,13,18,21H2,1-5H3. The first-order valence-electron chi connectivity index (χ1n) is 14.8. The molecule has 11 nitrogen and oxygen atoms in total. The summed E-state index contributed by atoms with van der Waals surface area (Å²) in [6.07, 6.45) is 6.51. The zero-order chi connectivity index (χ0) is 30.8. The summed E-state index contributed by atoms with van der Waals surface area (Å²) in [6.45, 7) is 8.85. The first-order chi connectivity index (χ1) is 20.8. The van der Waals surface area contributed by atoms with E-state index in [1.807, 2.05) is 57.2 Å². The second-order valence-electron chi connectivity index (χ2n) is 10.7. The number of aromatic nitrogens is 4. The summed E-state index contributed by atoms with van der Waals surface area (Å²) in [7, 11) is 1.61. The minimum absolute atomic E-state index is 0.195. The number of para-hydroxylation sites is 1. The Morgan fingerprint density at radius 3 is 2.58 bits per heavy atom. The van der Waals surface area contributed by atoms with E-state index >= 15 is 0 Å². The quantitative estimate of drug-likeness (QED) is 0.141. The molecule has 12 heteroatoms. The molecule has 0 aliphatic heterocycles. The molecule has 0 saturated carbocycles. The van der Waals surface area contributed by atoms with Crippen LogP contribution < -0.4 is 23.3 Å². The first kappa shape index (κ1) is 32.0. The van der Waals surface area contributed by atoms with E-state index in [0.29, 0.717) is 47.7 Å². The SMILES string of the molecule is CCCCCCCCOc1ccc(C)cc1OS(=O)NCC(C)c1nnc2cc(N(C)C(=O)Oc3ccccc3C)[nH]n12. The van der Waals surface area contributed by atoms with Gasteiger partial charge in [-0.05, 0) is 49.6 Å². The van der Waals surface area contributed by atoms with Gasteiger partial charge >= 0.3 is 6.09 Å². The van der Waals surface area contributed by atoms with Gasteiger partial charge in [-0.1, -0.05) is 70.2 Å². The molecule has 0 fully saturated rings. The average molecular weight is 611 g/mol. The molecule has 0 aliphatic carbocycles. The smallest absolute Gasteiger partial charge is 0.420 e. The lowest BCUT2D eigenvalue weighted by Gasteiger charge is -2.16. The second-order valence-corrected chi connectivity index (χ2v) is 11.6. The van der Waals surface area contributed by atoms with Gasteiger partial charge in [0.15, 0.2) is 23.0 Å². The van der Waals surface area contributed by atoms with Gasteiger partial charge in [0.05, 0.1) is 6.61 Å². The average Bonchev–Trinajstić information content (AvgIpc) is 3.58. The summed E-state index contributed by atoms with van der Waals surface area (Å²) in [4.78, 5) is 14.1. The monoisotopic (exact) mass is 610 g/mol. The molecule has 2 aromatic carbocycles. The molecular formula is C31H42N6O5S. The molecular weight excluding hydrogens is 568 g/mol. The molecule has 0 spiro atoms. The van der Waals surface area contributed by atoms with E-state index in [9.17, 15) is 9.00 Å². The number of aryl methyl sites for hydroxylation is 2. The summed E-state index contributed by atoms with van der Waals surface area (Å²) >= 11 is -1.82. The highest BCUT2D eigenvalue weighted by atomic mass is 32.2. The predicted octanol–water partition coefficient (Wildman–Crippen LogP) is 6.40. The number of aromatic amines is 1. The molecule has 2 N–H and O–H groups in total. The Hall–Kier alpha value is -3.90. The van der Waals surface area contributed by atoms with Crippen molar-refractivity contribution in [1.82, 2.24) is 24.5 Å². The minimum atomic E-state index is -1.82. The Kier molecular flexibility index (Phi) is 11.6. The van der Waals surface area contributed by atoms with Gasteiger partial charge in [-0.3, -0.25) is 10.00 Å². The lowest BCUT2D eigenvalue weighted by atomic mass is 10.1. The van der Waals surface area contributed by atoms with Crippen molar-refractivity contribution in [3.8, 4) is 17.2 Å². The van der Waals surface area contributed by atoms with Crippen molar-refractivity contribution in [2.75, 3.05) is 25.1 Å². The lowest BCUT2D eigenvalue weighted by Crippen LogP contribution is -2.30. The maximum Gasteiger partial charge on any atom is 0.420 e. The van der Waals surface area contributed by atoms with Crippen molar-refractivity contribution in [2.24, 2.45) is 0 Å². The number of rotatable bonds is 16. The number of nitrogens with zero attached hydrogens (tertiary/aromatic N) is 4. The van der Waals surface area contributed by atoms with Gasteiger partial charge in [-0.25, -0.2) is 14.0 Å². The van der Waals surface area contributed by atoms with Crippen LogP contribution in [0, 0.1) is 13.8 Å². The lowest BCUT2D eigenvalue weighted by molar-refractivity contribution is 0.208. The van der Waals surface area contributed by atoms with Gasteiger partial charge < -0.3 is 13.7 Å². The number of nitrogens with one attached hydrogen (secondary N) is 2. The maximum absolute atomic E-state index is 12.8. The second kappa shape index (κ2) is 15.5. The summed E-state index contributed by atoms with van der Waals surface area (Å²) in [5.74, 6) is 2.40. The third kappa shape index (κ3) is 8.80. The van der Waals surface area contributed by atoms with Crippen LogP contribution in [0.25, 0.3) is 5.65 Å². The molecule has 4 rings (SSSR count). The largest absolute Gasteiger partial charge is 0.490 e. The van der Waals surface area contributed by atoms with Crippen molar-refractivity contribution >= 4 is 28.8 Å². The third-order valence-corrected chi connectivity index (χ3v) is 7.83. The van der Waals surface area contributed by atoms with E-state index in [0.717, 1.165) is 24.0 Å². The molecule has 4 aromatic rings. The molecule has 1 amide bonds. The highest BCUT2D eigenvalue weighted by Gasteiger charge is 2.21. The minimum Gasteiger partial charge on any atom is -0.490 e. The Morgan fingerprint density at radius 1 is 1.02 bits per heavy atom. The third-order valence-electron chi connectivity index (χ3n) is 7.10. The number of fused-ring (bicyclic) bond motifs is 1. The number of hydrogen-bond acceptors (Lipinski definition) is 7. The van der Waals surface area contributed by atoms with E-state index < -0.39 is 17.4 Å². The predicted molar refractivity (Wildman–Crippen MR) is 168 cm³/mol. The fourth-order valence-corrected chi connectivity index (χ4v) is 5.21. The maximum atomic E-state index is 12.8. The van der Waals surface area contributed by atoms with Crippen molar-refractivity contribution in [3.05, 3.63) is 65.5 Å². The zero-order valence-electron chi connectivity index (χ0n) is 25.6. The Morgan fingerprint density at radius 2 is 1.79 bits per heavy atom. The molecule has 2 atom stereocenters. The van der Waals surface area contributed by atoms with Crippen LogP contribution in [-0.2, 0) is 11.3 Å². The normalized spacial score (nSPS) is 12.7. The molecule has 0 bridgehead atoms. The van der Waals surface area contributed by atoms with Crippen LogP contribution in [0.2, 0.25) is 0 Å².